The van der Waals surface area contributed by atoms with Gasteiger partial charge in [-0.1, -0.05) is 48.0 Å². The Balaban J connectivity index is 1.85. The second-order valence-corrected chi connectivity index (χ2v) is 8.16. The third-order valence-electron chi connectivity index (χ3n) is 5.41. The molecule has 0 saturated carbocycles. The molecule has 0 aliphatic rings. The quantitative estimate of drug-likeness (QED) is 0.323. The molecule has 0 aliphatic carbocycles. The molecule has 6 nitrogen and oxygen atoms in total. The molecule has 34 heavy (non-hydrogen) atoms. The largest absolute Gasteiger partial charge is 0.496 e. The second-order valence-electron chi connectivity index (χ2n) is 7.73. The molecule has 0 atom stereocenters. The molecule has 4 rings (SSSR count). The standard InChI is InChI=1S/C27H25ClN2O4/c1-3-34-26-13-8-18(15-27(31)32)14-22(26)23-16-24(19-9-11-21(28)12-10-19)30(29-23)17-20-6-4-5-7-25(20)33-2/h4-14,16H,3,15,17H2,1-2H3,(H,31,32). The van der Waals surface area contributed by atoms with Gasteiger partial charge in [0, 0.05) is 16.1 Å². The number of carboxylic acids is 1. The Kier molecular flexibility index (Phi) is 7.18. The SMILES string of the molecule is CCOc1ccc(CC(=O)O)cc1-c1cc(-c2ccc(Cl)cc2)n(Cc2ccccc2OC)n1. The van der Waals surface area contributed by atoms with E-state index in [-0.39, 0.29) is 6.42 Å². The topological polar surface area (TPSA) is 73.6 Å². The normalized spacial score (nSPS) is 10.8. The summed E-state index contributed by atoms with van der Waals surface area (Å²) < 4.78 is 13.3. The fourth-order valence-electron chi connectivity index (χ4n) is 3.86. The van der Waals surface area contributed by atoms with Crippen LogP contribution >= 0.6 is 11.6 Å². The van der Waals surface area contributed by atoms with Crippen molar-refractivity contribution in [1.82, 2.24) is 9.78 Å². The Morgan fingerprint density at radius 1 is 1.03 bits per heavy atom. The molecule has 0 radical (unpaired) electrons. The van der Waals surface area contributed by atoms with E-state index in [1.807, 2.05) is 72.3 Å². The van der Waals surface area contributed by atoms with Gasteiger partial charge in [0.05, 0.1) is 38.1 Å². The predicted molar refractivity (Wildman–Crippen MR) is 133 cm³/mol. The van der Waals surface area contributed by atoms with Gasteiger partial charge < -0.3 is 14.6 Å². The predicted octanol–water partition coefficient (Wildman–Crippen LogP) is 5.95. The van der Waals surface area contributed by atoms with Crippen molar-refractivity contribution < 1.29 is 19.4 Å². The smallest absolute Gasteiger partial charge is 0.307 e. The van der Waals surface area contributed by atoms with Gasteiger partial charge in [-0.2, -0.15) is 5.10 Å². The van der Waals surface area contributed by atoms with Crippen molar-refractivity contribution >= 4 is 17.6 Å². The van der Waals surface area contributed by atoms with Crippen molar-refractivity contribution in [2.24, 2.45) is 0 Å². The van der Waals surface area contributed by atoms with E-state index in [0.717, 1.165) is 28.1 Å². The average molecular weight is 477 g/mol. The van der Waals surface area contributed by atoms with Gasteiger partial charge in [0.2, 0.25) is 0 Å². The molecule has 4 aromatic rings. The van der Waals surface area contributed by atoms with Crippen LogP contribution in [0, 0.1) is 0 Å². The summed E-state index contributed by atoms with van der Waals surface area (Å²) in [6, 6.07) is 22.8. The first-order valence-corrected chi connectivity index (χ1v) is 11.3. The Labute approximate surface area is 203 Å². The minimum atomic E-state index is -0.890. The van der Waals surface area contributed by atoms with Crippen LogP contribution in [0.25, 0.3) is 22.5 Å². The van der Waals surface area contributed by atoms with Crippen LogP contribution in [-0.4, -0.2) is 34.6 Å². The van der Waals surface area contributed by atoms with E-state index >= 15 is 0 Å². The van der Waals surface area contributed by atoms with E-state index < -0.39 is 5.97 Å². The summed E-state index contributed by atoms with van der Waals surface area (Å²) in [5, 5.41) is 14.8. The first-order chi connectivity index (χ1) is 16.5. The molecular formula is C27H25ClN2O4. The number of para-hydroxylation sites is 1. The highest BCUT2D eigenvalue weighted by atomic mass is 35.5. The highest BCUT2D eigenvalue weighted by Gasteiger charge is 2.17. The average Bonchev–Trinajstić information content (AvgIpc) is 3.24. The van der Waals surface area contributed by atoms with Crippen LogP contribution in [0.4, 0.5) is 0 Å². The van der Waals surface area contributed by atoms with E-state index in [0.29, 0.717) is 35.2 Å². The van der Waals surface area contributed by atoms with Gasteiger partial charge in [0.25, 0.3) is 0 Å². The van der Waals surface area contributed by atoms with Crippen LogP contribution in [0.1, 0.15) is 18.1 Å². The summed E-state index contributed by atoms with van der Waals surface area (Å²) in [6.07, 6.45) is -0.0780. The lowest BCUT2D eigenvalue weighted by Gasteiger charge is -2.12. The minimum absolute atomic E-state index is 0.0780. The van der Waals surface area contributed by atoms with Gasteiger partial charge in [-0.15, -0.1) is 0 Å². The number of nitrogens with zero attached hydrogens (tertiary/aromatic N) is 2. The number of hydrogen-bond acceptors (Lipinski definition) is 4. The molecule has 0 unspecified atom stereocenters. The lowest BCUT2D eigenvalue weighted by Crippen LogP contribution is -2.06. The minimum Gasteiger partial charge on any atom is -0.496 e. The van der Waals surface area contributed by atoms with Crippen molar-refractivity contribution in [1.29, 1.82) is 0 Å². The molecule has 0 amide bonds. The van der Waals surface area contributed by atoms with E-state index in [2.05, 4.69) is 0 Å². The van der Waals surface area contributed by atoms with E-state index in [9.17, 15) is 9.90 Å². The van der Waals surface area contributed by atoms with Crippen molar-refractivity contribution in [3.8, 4) is 34.0 Å². The van der Waals surface area contributed by atoms with Gasteiger partial charge >= 0.3 is 5.97 Å². The third-order valence-corrected chi connectivity index (χ3v) is 5.66. The van der Waals surface area contributed by atoms with Crippen molar-refractivity contribution in [2.45, 2.75) is 19.9 Å². The summed E-state index contributed by atoms with van der Waals surface area (Å²) >= 11 is 6.12. The van der Waals surface area contributed by atoms with Crippen LogP contribution < -0.4 is 9.47 Å². The molecule has 3 aromatic carbocycles. The summed E-state index contributed by atoms with van der Waals surface area (Å²) in [5.74, 6) is 0.542. The molecule has 1 heterocycles. The van der Waals surface area contributed by atoms with Crippen LogP contribution in [0.3, 0.4) is 0 Å². The van der Waals surface area contributed by atoms with Gasteiger partial charge in [0.15, 0.2) is 0 Å². The number of carboxylic acid groups (broad SMARTS) is 1. The number of methoxy groups -OCH3 is 1. The molecule has 0 bridgehead atoms. The first-order valence-electron chi connectivity index (χ1n) is 10.9. The zero-order valence-corrected chi connectivity index (χ0v) is 19.7. The zero-order chi connectivity index (χ0) is 24.1. The maximum atomic E-state index is 11.3. The number of aliphatic carboxylic acids is 1. The van der Waals surface area contributed by atoms with Gasteiger partial charge in [-0.25, -0.2) is 0 Å². The third kappa shape index (κ3) is 5.24. The number of carbonyl (C=O) groups is 1. The monoisotopic (exact) mass is 476 g/mol. The second kappa shape index (κ2) is 10.4. The first kappa shape index (κ1) is 23.4. The maximum absolute atomic E-state index is 11.3. The van der Waals surface area contributed by atoms with Crippen molar-refractivity contribution in [3.63, 3.8) is 0 Å². The number of benzene rings is 3. The highest BCUT2D eigenvalue weighted by Crippen LogP contribution is 2.34. The molecule has 1 aromatic heterocycles. The van der Waals surface area contributed by atoms with Crippen LogP contribution in [0.15, 0.2) is 72.8 Å². The Morgan fingerprint density at radius 3 is 2.50 bits per heavy atom. The fourth-order valence-corrected chi connectivity index (χ4v) is 3.99. The van der Waals surface area contributed by atoms with Crippen LogP contribution in [0.5, 0.6) is 11.5 Å². The number of hydrogen-bond donors (Lipinski definition) is 1. The zero-order valence-electron chi connectivity index (χ0n) is 19.0. The molecule has 0 fully saturated rings. The molecule has 0 spiro atoms. The van der Waals surface area contributed by atoms with Gasteiger partial charge in [-0.3, -0.25) is 9.48 Å². The van der Waals surface area contributed by atoms with Gasteiger partial charge in [-0.05, 0) is 54.4 Å². The highest BCUT2D eigenvalue weighted by molar-refractivity contribution is 6.30. The lowest BCUT2D eigenvalue weighted by molar-refractivity contribution is -0.136. The summed E-state index contributed by atoms with van der Waals surface area (Å²) in [7, 11) is 1.65. The molecule has 174 valence electrons. The number of rotatable bonds is 9. The molecule has 1 N–H and O–H groups in total. The number of halogens is 1. The van der Waals surface area contributed by atoms with Crippen LogP contribution in [0.2, 0.25) is 5.02 Å². The molecule has 0 saturated heterocycles. The summed E-state index contributed by atoms with van der Waals surface area (Å²) in [5.41, 5.74) is 4.95. The number of aromatic nitrogens is 2. The Bertz CT molecular complexity index is 1300. The fraction of sp³-hybridized carbons (Fsp3) is 0.185. The van der Waals surface area contributed by atoms with Crippen LogP contribution in [-0.2, 0) is 17.8 Å². The Morgan fingerprint density at radius 2 is 1.79 bits per heavy atom. The lowest BCUT2D eigenvalue weighted by atomic mass is 10.0. The van der Waals surface area contributed by atoms with Gasteiger partial charge in [0.1, 0.15) is 11.5 Å². The maximum Gasteiger partial charge on any atom is 0.307 e. The van der Waals surface area contributed by atoms with E-state index in [1.54, 1.807) is 19.2 Å². The van der Waals surface area contributed by atoms with Crippen molar-refractivity contribution in [2.75, 3.05) is 13.7 Å². The van der Waals surface area contributed by atoms with E-state index in [4.69, 9.17) is 26.2 Å². The summed E-state index contributed by atoms with van der Waals surface area (Å²) in [6.45, 7) is 2.88. The molecule has 0 aliphatic heterocycles. The van der Waals surface area contributed by atoms with Crippen molar-refractivity contribution in [3.05, 3.63) is 88.9 Å². The number of ether oxygens (including phenoxy) is 2. The molecular weight excluding hydrogens is 452 g/mol. The Hall–Kier alpha value is -3.77. The van der Waals surface area contributed by atoms with E-state index in [1.165, 1.54) is 0 Å². The summed E-state index contributed by atoms with van der Waals surface area (Å²) in [4.78, 5) is 11.3. The molecule has 7 heteroatoms.